The first-order chi connectivity index (χ1) is 9.11. The molecule has 6 unspecified atom stereocenters. The molecule has 19 heavy (non-hydrogen) atoms. The summed E-state index contributed by atoms with van der Waals surface area (Å²) in [5.74, 6) is 1.24. The summed E-state index contributed by atoms with van der Waals surface area (Å²) >= 11 is 0. The van der Waals surface area contributed by atoms with E-state index in [9.17, 15) is 10.2 Å². The number of rotatable bonds is 3. The SMILES string of the molecule is C/C=C/OC1CC(C2C=CC(O)CC2C)C=CC1O. The lowest BCUT2D eigenvalue weighted by Gasteiger charge is -2.36. The molecule has 0 saturated heterocycles. The lowest BCUT2D eigenvalue weighted by atomic mass is 9.72. The smallest absolute Gasteiger partial charge is 0.128 e. The van der Waals surface area contributed by atoms with Crippen LogP contribution in [-0.4, -0.2) is 28.5 Å². The summed E-state index contributed by atoms with van der Waals surface area (Å²) in [4.78, 5) is 0. The van der Waals surface area contributed by atoms with E-state index in [1.165, 1.54) is 0 Å². The summed E-state index contributed by atoms with van der Waals surface area (Å²) in [5, 5.41) is 19.5. The van der Waals surface area contributed by atoms with Crippen LogP contribution in [0.2, 0.25) is 0 Å². The lowest BCUT2D eigenvalue weighted by Crippen LogP contribution is -2.36. The number of hydrogen-bond donors (Lipinski definition) is 2. The van der Waals surface area contributed by atoms with Crippen LogP contribution in [0.25, 0.3) is 0 Å². The molecule has 0 saturated carbocycles. The summed E-state index contributed by atoms with van der Waals surface area (Å²) in [7, 11) is 0. The third kappa shape index (κ3) is 3.48. The van der Waals surface area contributed by atoms with Gasteiger partial charge in [0.15, 0.2) is 0 Å². The van der Waals surface area contributed by atoms with Crippen molar-refractivity contribution >= 4 is 0 Å². The number of aliphatic hydroxyl groups excluding tert-OH is 2. The Labute approximate surface area is 115 Å². The van der Waals surface area contributed by atoms with Crippen LogP contribution in [0.15, 0.2) is 36.6 Å². The molecule has 0 bridgehead atoms. The molecule has 0 fully saturated rings. The molecule has 2 aliphatic carbocycles. The molecule has 3 heteroatoms. The molecule has 3 nitrogen and oxygen atoms in total. The van der Waals surface area contributed by atoms with Crippen LogP contribution in [0, 0.1) is 17.8 Å². The van der Waals surface area contributed by atoms with Gasteiger partial charge in [-0.15, -0.1) is 0 Å². The lowest BCUT2D eigenvalue weighted by molar-refractivity contribution is 0.00879. The summed E-state index contributed by atoms with van der Waals surface area (Å²) in [6.07, 6.45) is 12.1. The van der Waals surface area contributed by atoms with Crippen molar-refractivity contribution < 1.29 is 14.9 Å². The van der Waals surface area contributed by atoms with E-state index in [2.05, 4.69) is 19.1 Å². The van der Waals surface area contributed by atoms with Gasteiger partial charge in [-0.05, 0) is 37.5 Å². The Kier molecular flexibility index (Phi) is 4.83. The zero-order chi connectivity index (χ0) is 13.8. The van der Waals surface area contributed by atoms with E-state index in [0.29, 0.717) is 17.8 Å². The Morgan fingerprint density at radius 2 is 1.89 bits per heavy atom. The fourth-order valence-electron chi connectivity index (χ4n) is 3.10. The summed E-state index contributed by atoms with van der Waals surface area (Å²) < 4.78 is 5.57. The van der Waals surface area contributed by atoms with Crippen molar-refractivity contribution in [2.45, 2.75) is 45.0 Å². The molecule has 0 aromatic rings. The van der Waals surface area contributed by atoms with E-state index < -0.39 is 6.10 Å². The highest BCUT2D eigenvalue weighted by molar-refractivity contribution is 5.11. The van der Waals surface area contributed by atoms with Gasteiger partial charge in [-0.3, -0.25) is 0 Å². The van der Waals surface area contributed by atoms with E-state index >= 15 is 0 Å². The number of aliphatic hydroxyl groups is 2. The van der Waals surface area contributed by atoms with Crippen molar-refractivity contribution in [3.05, 3.63) is 36.6 Å². The standard InChI is InChI=1S/C16H24O3/c1-3-8-19-16-10-12(4-7-15(16)18)14-6-5-13(17)9-11(14)2/h3-8,11-18H,9-10H2,1-2H3/b8-3+. The largest absolute Gasteiger partial charge is 0.495 e. The van der Waals surface area contributed by atoms with E-state index in [-0.39, 0.29) is 12.2 Å². The molecule has 0 heterocycles. The number of allylic oxidation sites excluding steroid dienone is 3. The predicted octanol–water partition coefficient (Wildman–Crippen LogP) is 2.42. The third-order valence-electron chi connectivity index (χ3n) is 4.15. The first-order valence-corrected chi connectivity index (χ1v) is 7.11. The first kappa shape index (κ1) is 14.4. The zero-order valence-corrected chi connectivity index (χ0v) is 11.6. The second kappa shape index (κ2) is 6.40. The van der Waals surface area contributed by atoms with E-state index in [4.69, 9.17) is 4.74 Å². The molecule has 2 N–H and O–H groups in total. The summed E-state index contributed by atoms with van der Waals surface area (Å²) in [6.45, 7) is 4.08. The maximum absolute atomic E-state index is 9.92. The van der Waals surface area contributed by atoms with Crippen molar-refractivity contribution in [1.29, 1.82) is 0 Å². The molecule has 2 rings (SSSR count). The topological polar surface area (TPSA) is 49.7 Å². The fourth-order valence-corrected chi connectivity index (χ4v) is 3.10. The van der Waals surface area contributed by atoms with Crippen molar-refractivity contribution in [2.24, 2.45) is 17.8 Å². The highest BCUT2D eigenvalue weighted by Crippen LogP contribution is 2.36. The van der Waals surface area contributed by atoms with Gasteiger partial charge >= 0.3 is 0 Å². The Hall–Kier alpha value is -1.06. The van der Waals surface area contributed by atoms with Gasteiger partial charge in [0.1, 0.15) is 12.2 Å². The number of hydrogen-bond acceptors (Lipinski definition) is 3. The van der Waals surface area contributed by atoms with Crippen LogP contribution < -0.4 is 0 Å². The molecule has 0 aromatic heterocycles. The molecule has 0 radical (unpaired) electrons. The van der Waals surface area contributed by atoms with Crippen LogP contribution in [-0.2, 0) is 4.74 Å². The highest BCUT2D eigenvalue weighted by Gasteiger charge is 2.33. The molecular weight excluding hydrogens is 240 g/mol. The maximum Gasteiger partial charge on any atom is 0.128 e. The molecule has 0 spiro atoms. The minimum absolute atomic E-state index is 0.168. The van der Waals surface area contributed by atoms with Gasteiger partial charge in [0.2, 0.25) is 0 Å². The van der Waals surface area contributed by atoms with Crippen molar-refractivity contribution in [3.63, 3.8) is 0 Å². The Bertz CT molecular complexity index is 372. The van der Waals surface area contributed by atoms with E-state index in [1.54, 1.807) is 6.26 Å². The average molecular weight is 264 g/mol. The van der Waals surface area contributed by atoms with E-state index in [1.807, 2.05) is 25.2 Å². The molecule has 106 valence electrons. The van der Waals surface area contributed by atoms with Crippen LogP contribution in [0.5, 0.6) is 0 Å². The second-order valence-corrected chi connectivity index (χ2v) is 5.66. The van der Waals surface area contributed by atoms with Crippen LogP contribution in [0.4, 0.5) is 0 Å². The van der Waals surface area contributed by atoms with Gasteiger partial charge in [-0.2, -0.15) is 0 Å². The highest BCUT2D eigenvalue weighted by atomic mass is 16.5. The minimum atomic E-state index is -0.527. The normalized spacial score (nSPS) is 42.7. The monoisotopic (exact) mass is 264 g/mol. The van der Waals surface area contributed by atoms with Crippen molar-refractivity contribution in [1.82, 2.24) is 0 Å². The maximum atomic E-state index is 9.92. The molecular formula is C16H24O3. The molecule has 0 aliphatic heterocycles. The van der Waals surface area contributed by atoms with Gasteiger partial charge in [0.05, 0.1) is 12.4 Å². The Morgan fingerprint density at radius 3 is 2.58 bits per heavy atom. The predicted molar refractivity (Wildman–Crippen MR) is 75.4 cm³/mol. The van der Waals surface area contributed by atoms with Gasteiger partial charge in [-0.25, -0.2) is 0 Å². The molecule has 0 amide bonds. The molecule has 0 aromatic carbocycles. The fraction of sp³-hybridized carbons (Fsp3) is 0.625. The Balaban J connectivity index is 2.05. The van der Waals surface area contributed by atoms with Gasteiger partial charge in [0.25, 0.3) is 0 Å². The van der Waals surface area contributed by atoms with Crippen LogP contribution in [0.3, 0.4) is 0 Å². The van der Waals surface area contributed by atoms with Gasteiger partial charge < -0.3 is 14.9 Å². The first-order valence-electron chi connectivity index (χ1n) is 7.11. The van der Waals surface area contributed by atoms with Gasteiger partial charge in [-0.1, -0.05) is 37.3 Å². The average Bonchev–Trinajstić information content (AvgIpc) is 2.38. The summed E-state index contributed by atoms with van der Waals surface area (Å²) in [6, 6.07) is 0. The number of ether oxygens (including phenoxy) is 1. The van der Waals surface area contributed by atoms with Crippen molar-refractivity contribution in [2.75, 3.05) is 0 Å². The quantitative estimate of drug-likeness (QED) is 0.608. The third-order valence-corrected chi connectivity index (χ3v) is 4.15. The Morgan fingerprint density at radius 1 is 1.11 bits per heavy atom. The van der Waals surface area contributed by atoms with Gasteiger partial charge in [0, 0.05) is 0 Å². The molecule has 6 atom stereocenters. The van der Waals surface area contributed by atoms with E-state index in [0.717, 1.165) is 12.8 Å². The van der Waals surface area contributed by atoms with Crippen LogP contribution in [0.1, 0.15) is 26.7 Å². The summed E-state index contributed by atoms with van der Waals surface area (Å²) in [5.41, 5.74) is 0. The van der Waals surface area contributed by atoms with Crippen LogP contribution >= 0.6 is 0 Å². The minimum Gasteiger partial charge on any atom is -0.495 e. The zero-order valence-electron chi connectivity index (χ0n) is 11.6. The molecule has 2 aliphatic rings. The second-order valence-electron chi connectivity index (χ2n) is 5.66. The van der Waals surface area contributed by atoms with Crippen molar-refractivity contribution in [3.8, 4) is 0 Å².